The minimum Gasteiger partial charge on any atom is -0.489 e. The number of hydrogen-bond acceptors (Lipinski definition) is 1. The van der Waals surface area contributed by atoms with Crippen molar-refractivity contribution in [3.63, 3.8) is 0 Å². The Morgan fingerprint density at radius 2 is 1.81 bits per heavy atom. The topological polar surface area (TPSA) is 9.23 Å². The molecule has 0 saturated carbocycles. The molecule has 0 unspecified atom stereocenters. The quantitative estimate of drug-likeness (QED) is 0.820. The molecule has 2 aromatic rings. The smallest absolute Gasteiger partial charge is 0.130 e. The van der Waals surface area contributed by atoms with Crippen LogP contribution in [0, 0.1) is 5.82 Å². The van der Waals surface area contributed by atoms with E-state index in [1.54, 1.807) is 12.1 Å². The standard InChI is InChI=1S/C13H10BrFO/c14-11-7-6-10(13(15)8-11)9-16-12-4-2-1-3-5-12/h1-8H,9H2. The molecule has 0 saturated heterocycles. The molecular formula is C13H10BrFO. The SMILES string of the molecule is Fc1cc(Br)ccc1COc1ccccc1. The van der Waals surface area contributed by atoms with Crippen LogP contribution in [0.5, 0.6) is 5.75 Å². The fraction of sp³-hybridized carbons (Fsp3) is 0.0769. The van der Waals surface area contributed by atoms with Gasteiger partial charge in [-0.15, -0.1) is 0 Å². The van der Waals surface area contributed by atoms with Crippen molar-refractivity contribution in [2.75, 3.05) is 0 Å². The molecule has 16 heavy (non-hydrogen) atoms. The zero-order valence-electron chi connectivity index (χ0n) is 8.49. The zero-order chi connectivity index (χ0) is 11.4. The minimum atomic E-state index is -0.259. The van der Waals surface area contributed by atoms with Crippen LogP contribution < -0.4 is 4.74 Å². The van der Waals surface area contributed by atoms with E-state index in [1.807, 2.05) is 30.3 Å². The van der Waals surface area contributed by atoms with E-state index in [0.717, 1.165) is 10.2 Å². The molecule has 0 spiro atoms. The summed E-state index contributed by atoms with van der Waals surface area (Å²) in [6.45, 7) is 0.239. The van der Waals surface area contributed by atoms with Gasteiger partial charge in [-0.05, 0) is 24.3 Å². The average Bonchev–Trinajstić information content (AvgIpc) is 2.29. The fourth-order valence-electron chi connectivity index (χ4n) is 1.32. The molecule has 0 aromatic heterocycles. The van der Waals surface area contributed by atoms with Crippen LogP contribution in [0.15, 0.2) is 53.0 Å². The summed E-state index contributed by atoms with van der Waals surface area (Å²) in [5.41, 5.74) is 0.548. The Balaban J connectivity index is 2.05. The summed E-state index contributed by atoms with van der Waals surface area (Å²) in [4.78, 5) is 0. The Bertz CT molecular complexity index is 471. The monoisotopic (exact) mass is 280 g/mol. The van der Waals surface area contributed by atoms with E-state index in [4.69, 9.17) is 4.74 Å². The molecule has 2 rings (SSSR count). The van der Waals surface area contributed by atoms with Gasteiger partial charge in [-0.2, -0.15) is 0 Å². The van der Waals surface area contributed by atoms with Crippen molar-refractivity contribution < 1.29 is 9.13 Å². The van der Waals surface area contributed by atoms with Gasteiger partial charge in [0.2, 0.25) is 0 Å². The van der Waals surface area contributed by atoms with Gasteiger partial charge in [-0.1, -0.05) is 40.2 Å². The molecule has 0 radical (unpaired) electrons. The fourth-order valence-corrected chi connectivity index (χ4v) is 1.65. The summed E-state index contributed by atoms with van der Waals surface area (Å²) in [7, 11) is 0. The lowest BCUT2D eigenvalue weighted by Crippen LogP contribution is -1.98. The van der Waals surface area contributed by atoms with Gasteiger partial charge in [0.05, 0.1) is 0 Å². The van der Waals surface area contributed by atoms with Gasteiger partial charge in [0.25, 0.3) is 0 Å². The third-order valence-corrected chi connectivity index (χ3v) is 2.65. The van der Waals surface area contributed by atoms with Crippen LogP contribution in [0.3, 0.4) is 0 Å². The van der Waals surface area contributed by atoms with Crippen molar-refractivity contribution in [3.8, 4) is 5.75 Å². The van der Waals surface area contributed by atoms with Crippen LogP contribution in [0.25, 0.3) is 0 Å². The minimum absolute atomic E-state index is 0.239. The Morgan fingerprint density at radius 1 is 1.06 bits per heavy atom. The molecule has 0 atom stereocenters. The van der Waals surface area contributed by atoms with Gasteiger partial charge in [0.15, 0.2) is 0 Å². The summed E-state index contributed by atoms with van der Waals surface area (Å²) in [5.74, 6) is 0.482. The number of ether oxygens (including phenoxy) is 1. The molecule has 0 heterocycles. The highest BCUT2D eigenvalue weighted by Crippen LogP contribution is 2.17. The number of halogens is 2. The molecule has 1 nitrogen and oxygen atoms in total. The van der Waals surface area contributed by atoms with Crippen molar-refractivity contribution in [2.45, 2.75) is 6.61 Å². The van der Waals surface area contributed by atoms with Gasteiger partial charge in [-0.3, -0.25) is 0 Å². The summed E-state index contributed by atoms with van der Waals surface area (Å²) in [6, 6.07) is 14.3. The van der Waals surface area contributed by atoms with Gasteiger partial charge >= 0.3 is 0 Å². The van der Waals surface area contributed by atoms with Gasteiger partial charge in [0.1, 0.15) is 18.2 Å². The third kappa shape index (κ3) is 2.83. The maximum Gasteiger partial charge on any atom is 0.130 e. The molecule has 2 aromatic carbocycles. The van der Waals surface area contributed by atoms with Crippen LogP contribution in [0.2, 0.25) is 0 Å². The number of benzene rings is 2. The predicted molar refractivity (Wildman–Crippen MR) is 64.9 cm³/mol. The van der Waals surface area contributed by atoms with Crippen LogP contribution in [-0.4, -0.2) is 0 Å². The van der Waals surface area contributed by atoms with E-state index in [9.17, 15) is 4.39 Å². The van der Waals surface area contributed by atoms with Crippen molar-refractivity contribution >= 4 is 15.9 Å². The molecule has 3 heteroatoms. The van der Waals surface area contributed by atoms with E-state index < -0.39 is 0 Å². The van der Waals surface area contributed by atoms with Crippen LogP contribution in [0.1, 0.15) is 5.56 Å². The van der Waals surface area contributed by atoms with E-state index >= 15 is 0 Å². The number of hydrogen-bond donors (Lipinski definition) is 0. The molecule has 0 aliphatic heterocycles. The Hall–Kier alpha value is -1.35. The highest BCUT2D eigenvalue weighted by Gasteiger charge is 2.03. The lowest BCUT2D eigenvalue weighted by molar-refractivity contribution is 0.300. The Kier molecular flexibility index (Phi) is 3.57. The Morgan fingerprint density at radius 3 is 2.50 bits per heavy atom. The van der Waals surface area contributed by atoms with Crippen LogP contribution >= 0.6 is 15.9 Å². The molecular weight excluding hydrogens is 271 g/mol. The molecule has 0 aliphatic carbocycles. The van der Waals surface area contributed by atoms with Crippen molar-refractivity contribution in [2.24, 2.45) is 0 Å². The van der Waals surface area contributed by atoms with Crippen molar-refractivity contribution in [1.29, 1.82) is 0 Å². The summed E-state index contributed by atoms with van der Waals surface area (Å²) >= 11 is 3.21. The van der Waals surface area contributed by atoms with E-state index in [2.05, 4.69) is 15.9 Å². The van der Waals surface area contributed by atoms with E-state index in [-0.39, 0.29) is 12.4 Å². The first kappa shape index (κ1) is 11.1. The highest BCUT2D eigenvalue weighted by molar-refractivity contribution is 9.10. The first-order chi connectivity index (χ1) is 7.75. The summed E-state index contributed by atoms with van der Waals surface area (Å²) < 4.78 is 19.6. The van der Waals surface area contributed by atoms with Crippen LogP contribution in [0.4, 0.5) is 4.39 Å². The molecule has 82 valence electrons. The maximum atomic E-state index is 13.4. The highest BCUT2D eigenvalue weighted by atomic mass is 79.9. The lowest BCUT2D eigenvalue weighted by atomic mass is 10.2. The van der Waals surface area contributed by atoms with Crippen LogP contribution in [-0.2, 0) is 6.61 Å². The average molecular weight is 281 g/mol. The molecule has 0 fully saturated rings. The maximum absolute atomic E-state index is 13.4. The second kappa shape index (κ2) is 5.12. The van der Waals surface area contributed by atoms with Gasteiger partial charge in [0, 0.05) is 10.0 Å². The van der Waals surface area contributed by atoms with Gasteiger partial charge < -0.3 is 4.74 Å². The number of rotatable bonds is 3. The van der Waals surface area contributed by atoms with E-state index in [1.165, 1.54) is 6.07 Å². The van der Waals surface area contributed by atoms with E-state index in [0.29, 0.717) is 5.56 Å². The van der Waals surface area contributed by atoms with Crippen molar-refractivity contribution in [1.82, 2.24) is 0 Å². The molecule has 0 aliphatic rings. The predicted octanol–water partition coefficient (Wildman–Crippen LogP) is 4.17. The Labute approximate surface area is 102 Å². The molecule has 0 bridgehead atoms. The largest absolute Gasteiger partial charge is 0.489 e. The molecule has 0 N–H and O–H groups in total. The lowest BCUT2D eigenvalue weighted by Gasteiger charge is -2.07. The zero-order valence-corrected chi connectivity index (χ0v) is 10.1. The van der Waals surface area contributed by atoms with Crippen molar-refractivity contribution in [3.05, 3.63) is 64.4 Å². The third-order valence-electron chi connectivity index (χ3n) is 2.15. The second-order valence-electron chi connectivity index (χ2n) is 3.34. The normalized spacial score (nSPS) is 10.1. The second-order valence-corrected chi connectivity index (χ2v) is 4.25. The first-order valence-corrected chi connectivity index (χ1v) is 5.67. The first-order valence-electron chi connectivity index (χ1n) is 4.87. The molecule has 0 amide bonds. The number of para-hydroxylation sites is 1. The van der Waals surface area contributed by atoms with Gasteiger partial charge in [-0.25, -0.2) is 4.39 Å². The summed E-state index contributed by atoms with van der Waals surface area (Å²) in [6.07, 6.45) is 0. The summed E-state index contributed by atoms with van der Waals surface area (Å²) in [5, 5.41) is 0.